The van der Waals surface area contributed by atoms with Crippen LogP contribution in [-0.2, 0) is 113 Å². The number of para-hydroxylation sites is 3. The third kappa shape index (κ3) is 58.3. The first-order chi connectivity index (χ1) is 46.4. The van der Waals surface area contributed by atoms with Crippen molar-refractivity contribution in [2.75, 3.05) is 101 Å². The van der Waals surface area contributed by atoms with Gasteiger partial charge in [0.05, 0.1) is 97.6 Å². The predicted octanol–water partition coefficient (Wildman–Crippen LogP) is 22.1. The van der Waals surface area contributed by atoms with Crippen molar-refractivity contribution in [2.45, 2.75) is 201 Å². The fraction of sp³-hybridized carbons (Fsp3) is 0.714. The second kappa shape index (κ2) is 63.4. The molecule has 578 valence electrons. The molecule has 0 saturated heterocycles. The summed E-state index contributed by atoms with van der Waals surface area (Å²) in [6.07, 6.45) is 7.49. The molecule has 3 aromatic rings. The van der Waals surface area contributed by atoms with Crippen molar-refractivity contribution in [3.63, 3.8) is 0 Å². The Bertz CT molecular complexity index is 2330. The van der Waals surface area contributed by atoms with Gasteiger partial charge >= 0.3 is 54.8 Å². The van der Waals surface area contributed by atoms with E-state index in [4.69, 9.17) is 81.4 Å². The molecule has 0 atom stereocenters. The highest BCUT2D eigenvalue weighted by Crippen LogP contribution is 2.54. The van der Waals surface area contributed by atoms with Gasteiger partial charge in [0.1, 0.15) is 17.2 Å². The predicted molar refractivity (Wildman–Crippen MR) is 385 cm³/mol. The van der Waals surface area contributed by atoms with Gasteiger partial charge in [-0.25, -0.2) is 27.4 Å². The Morgan fingerprint density at radius 1 is 0.255 bits per heavy atom. The Balaban J connectivity index is -0.000000540. The van der Waals surface area contributed by atoms with Crippen molar-refractivity contribution < 1.29 is 127 Å². The van der Waals surface area contributed by atoms with Crippen LogP contribution in [0.25, 0.3) is 0 Å². The van der Waals surface area contributed by atoms with Crippen molar-refractivity contribution in [1.82, 2.24) is 0 Å². The molecular formula is C63H123O28P7. The Hall–Kier alpha value is -2.05. The molecule has 98 heavy (non-hydrogen) atoms. The van der Waals surface area contributed by atoms with E-state index in [2.05, 4.69) is 34.3 Å². The summed E-state index contributed by atoms with van der Waals surface area (Å²) in [6.45, 7) is 37.7. The topological polar surface area (TPSA) is 313 Å². The number of rotatable bonds is 48. The maximum absolute atomic E-state index is 13.1. The zero-order valence-electron chi connectivity index (χ0n) is 62.3. The van der Waals surface area contributed by atoms with Gasteiger partial charge in [-0.2, -0.15) is 4.57 Å². The highest BCUT2D eigenvalue weighted by Gasteiger charge is 2.34. The van der Waals surface area contributed by atoms with E-state index in [0.29, 0.717) is 96.5 Å². The maximum Gasteiger partial charge on any atom is 0.647 e. The van der Waals surface area contributed by atoms with Gasteiger partial charge in [0.2, 0.25) is 0 Å². The molecule has 0 radical (unpaired) electrons. The highest BCUT2D eigenvalue weighted by molar-refractivity contribution is 7.50. The van der Waals surface area contributed by atoms with Crippen LogP contribution in [0.2, 0.25) is 0 Å². The number of phosphoric acid groups is 7. The average Bonchev–Trinajstić information content (AvgIpc) is 0.857. The van der Waals surface area contributed by atoms with Crippen molar-refractivity contribution in [3.05, 3.63) is 91.0 Å². The molecular weight excluding hydrogens is 1420 g/mol. The van der Waals surface area contributed by atoms with Crippen LogP contribution in [-0.4, -0.2) is 119 Å². The summed E-state index contributed by atoms with van der Waals surface area (Å²) >= 11 is 0. The quantitative estimate of drug-likeness (QED) is 0.0374. The summed E-state index contributed by atoms with van der Waals surface area (Å²) in [6, 6.07) is 26.4. The number of unbranched alkanes of at least 4 members (excludes halogenated alkanes) is 3. The molecule has 35 heteroatoms. The van der Waals surface area contributed by atoms with E-state index in [1.807, 2.05) is 39.0 Å². The van der Waals surface area contributed by atoms with Gasteiger partial charge in [0, 0.05) is 21.3 Å². The largest absolute Gasteiger partial charge is 0.647 e. The van der Waals surface area contributed by atoms with Crippen LogP contribution in [0.5, 0.6) is 17.2 Å². The van der Waals surface area contributed by atoms with Crippen LogP contribution in [0.4, 0.5) is 0 Å². The normalized spacial score (nSPS) is 11.8. The minimum Gasteiger partial charge on any atom is -0.386 e. The fourth-order valence-electron chi connectivity index (χ4n) is 5.93. The van der Waals surface area contributed by atoms with Crippen LogP contribution in [0, 0.1) is 0 Å². The van der Waals surface area contributed by atoms with Crippen LogP contribution in [0.1, 0.15) is 182 Å². The molecule has 0 bridgehead atoms. The van der Waals surface area contributed by atoms with Crippen molar-refractivity contribution in [3.8, 4) is 17.2 Å². The molecule has 3 aromatic carbocycles. The molecule has 0 N–H and O–H groups in total. The van der Waals surface area contributed by atoms with Crippen LogP contribution >= 0.6 is 54.8 Å². The number of hydrogen-bond donors (Lipinski definition) is 0. The first-order valence-electron chi connectivity index (χ1n) is 33.3. The van der Waals surface area contributed by atoms with Crippen LogP contribution < -0.4 is 13.6 Å². The molecule has 0 aliphatic heterocycles. The lowest BCUT2D eigenvalue weighted by molar-refractivity contribution is 0.0560. The van der Waals surface area contributed by atoms with E-state index in [-0.39, 0.29) is 18.3 Å². The van der Waals surface area contributed by atoms with Crippen LogP contribution in [0.15, 0.2) is 91.0 Å². The molecule has 0 aromatic heterocycles. The minimum absolute atomic E-state index is 0.182. The molecule has 0 spiro atoms. The Morgan fingerprint density at radius 3 is 0.622 bits per heavy atom. The first-order valence-corrected chi connectivity index (χ1v) is 43.5. The first kappa shape index (κ1) is 102. The van der Waals surface area contributed by atoms with Crippen molar-refractivity contribution in [2.24, 2.45) is 0 Å². The zero-order chi connectivity index (χ0) is 75.3. The molecule has 0 heterocycles. The lowest BCUT2D eigenvalue weighted by Gasteiger charge is -2.23. The van der Waals surface area contributed by atoms with Crippen molar-refractivity contribution in [1.29, 1.82) is 0 Å². The van der Waals surface area contributed by atoms with E-state index in [9.17, 15) is 32.0 Å². The monoisotopic (exact) mass is 1540 g/mol. The maximum atomic E-state index is 13.1. The third-order valence-corrected chi connectivity index (χ3v) is 21.0. The van der Waals surface area contributed by atoms with E-state index < -0.39 is 54.8 Å². The molecule has 0 fully saturated rings. The molecule has 3 rings (SSSR count). The molecule has 0 saturated carbocycles. The van der Waals surface area contributed by atoms with Crippen LogP contribution in [0.3, 0.4) is 0 Å². The molecule has 0 aliphatic rings. The summed E-state index contributed by atoms with van der Waals surface area (Å²) in [5.41, 5.74) is 0. The van der Waals surface area contributed by atoms with E-state index in [1.165, 1.54) is 21.3 Å². The van der Waals surface area contributed by atoms with E-state index >= 15 is 0 Å². The number of phosphoric ester groups is 7. The lowest BCUT2D eigenvalue weighted by atomic mass is 10.3. The third-order valence-electron chi connectivity index (χ3n) is 9.90. The van der Waals surface area contributed by atoms with E-state index in [1.54, 1.807) is 156 Å². The smallest absolute Gasteiger partial charge is 0.386 e. The molecule has 28 nitrogen and oxygen atoms in total. The van der Waals surface area contributed by atoms with Gasteiger partial charge in [-0.05, 0) is 158 Å². The number of hydrogen-bond acceptors (Lipinski definition) is 28. The van der Waals surface area contributed by atoms with Gasteiger partial charge in [-0.15, -0.1) is 0 Å². The highest BCUT2D eigenvalue weighted by atomic mass is 31.2. The standard InChI is InChI=1S/C18H15O4P.C12H27O4P.2C9H21O4P.2C6H15O4P.C3H9O4P/c19-23(20-16-10-4-1-5-11-16,21-17-12-6-2-7-13-17)22-18-14-8-3-9-15-18;1-4-7-10-14-17(13,15-11-8-5-2)16-12-9-6-3;1-7(2)11-14(10,12-8(3)4)13-9(5)6;1-4-7-11-14(10,12-8-5-2)13-9-6-3;2*1-4-8-11(7,9-5-2)10-6-3;1-5-8(4,6-2)7-3/h1-15H;4-12H2,1-3H3;7-9H,1-6H3;4-9H2,1-3H3;2*4-6H2,1-3H3;1-3H3. The Labute approximate surface area is 588 Å². The second-order valence-corrected chi connectivity index (χ2v) is 31.6. The second-order valence-electron chi connectivity index (χ2n) is 19.9. The molecule has 0 amide bonds. The summed E-state index contributed by atoms with van der Waals surface area (Å²) in [7, 11) is -19.7. The van der Waals surface area contributed by atoms with Gasteiger partial charge in [0.15, 0.2) is 0 Å². The molecule has 0 unspecified atom stereocenters. The fourth-order valence-corrected chi connectivity index (χ4v) is 14.4. The minimum atomic E-state index is -3.89. The SMILES string of the molecule is CC(C)OP(=O)(OC(C)C)OC(C)C.CCCCOP(=O)(OCCCC)OCCCC.CCCOP(=O)(OCCC)OCCC.CCOP(=O)(OCC)OCC.CCOP(=O)(OCC)OCC.COP(=O)(OC)OC.O=P(Oc1ccccc1)(Oc1ccccc1)Oc1ccccc1. The van der Waals surface area contributed by atoms with Gasteiger partial charge < -0.3 is 13.6 Å². The van der Waals surface area contributed by atoms with Gasteiger partial charge in [0.25, 0.3) is 0 Å². The number of benzene rings is 3. The Morgan fingerprint density at radius 2 is 0.459 bits per heavy atom. The lowest BCUT2D eigenvalue weighted by Crippen LogP contribution is -2.12. The summed E-state index contributed by atoms with van der Waals surface area (Å²) < 4.78 is 188. The van der Waals surface area contributed by atoms with E-state index in [0.717, 1.165) is 57.8 Å². The molecule has 0 aliphatic carbocycles. The summed E-state index contributed by atoms with van der Waals surface area (Å²) in [5, 5.41) is 0. The average molecular weight is 1550 g/mol. The summed E-state index contributed by atoms with van der Waals surface area (Å²) in [4.78, 5) is 0. The zero-order valence-corrected chi connectivity index (χ0v) is 68.6. The van der Waals surface area contributed by atoms with Gasteiger partial charge in [-0.3, -0.25) is 81.4 Å². The van der Waals surface area contributed by atoms with Crippen molar-refractivity contribution >= 4 is 54.8 Å². The van der Waals surface area contributed by atoms with Gasteiger partial charge in [-0.1, -0.05) is 115 Å². The Kier molecular flexibility index (Phi) is 66.2. The summed E-state index contributed by atoms with van der Waals surface area (Å²) in [5.74, 6) is 1.22.